The fourth-order valence-corrected chi connectivity index (χ4v) is 4.03. The van der Waals surface area contributed by atoms with Crippen LogP contribution in [0.5, 0.6) is 11.5 Å². The van der Waals surface area contributed by atoms with E-state index in [0.29, 0.717) is 11.7 Å². The lowest BCUT2D eigenvalue weighted by molar-refractivity contribution is -0.132. The Labute approximate surface area is 152 Å². The Balaban J connectivity index is 2.38. The van der Waals surface area contributed by atoms with E-state index in [2.05, 4.69) is 40.7 Å². The minimum atomic E-state index is -0.275. The number of hydrogen-bond acceptors (Lipinski definition) is 3. The van der Waals surface area contributed by atoms with Crippen molar-refractivity contribution in [3.8, 4) is 11.5 Å². The second-order valence-electron chi connectivity index (χ2n) is 8.08. The molecular weight excluding hydrogens is 312 g/mol. The number of fused-ring (bicyclic) bond motifs is 1. The zero-order valence-corrected chi connectivity index (χ0v) is 17.0. The van der Waals surface area contributed by atoms with Gasteiger partial charge in [-0.25, -0.2) is 0 Å². The smallest absolute Gasteiger partial charge is 0.308 e. The molecule has 2 atom stereocenters. The molecule has 2 rings (SSSR count). The van der Waals surface area contributed by atoms with Gasteiger partial charge in [-0.2, -0.15) is 0 Å². The topological polar surface area (TPSA) is 35.5 Å². The lowest BCUT2D eigenvalue weighted by atomic mass is 9.82. The van der Waals surface area contributed by atoms with Crippen molar-refractivity contribution in [3.05, 3.63) is 33.9 Å². The molecule has 0 bridgehead atoms. The summed E-state index contributed by atoms with van der Waals surface area (Å²) in [7, 11) is 0. The maximum atomic E-state index is 11.5. The van der Waals surface area contributed by atoms with Gasteiger partial charge in [0.15, 0.2) is 0 Å². The maximum Gasteiger partial charge on any atom is 0.308 e. The highest BCUT2D eigenvalue weighted by molar-refractivity contribution is 5.72. The zero-order valence-electron chi connectivity index (χ0n) is 17.0. The monoisotopic (exact) mass is 344 g/mol. The Morgan fingerprint density at radius 3 is 2.40 bits per heavy atom. The molecule has 0 spiro atoms. The van der Waals surface area contributed by atoms with Crippen LogP contribution in [0.3, 0.4) is 0 Å². The van der Waals surface area contributed by atoms with Gasteiger partial charge in [0.05, 0.1) is 0 Å². The van der Waals surface area contributed by atoms with Crippen LogP contribution in [0, 0.1) is 26.7 Å². The molecule has 0 saturated carbocycles. The highest BCUT2D eigenvalue weighted by atomic mass is 16.5. The predicted octanol–water partition coefficient (Wildman–Crippen LogP) is 5.61. The van der Waals surface area contributed by atoms with Gasteiger partial charge in [-0.15, -0.1) is 0 Å². The Hall–Kier alpha value is -1.77. The zero-order chi connectivity index (χ0) is 18.9. The molecule has 0 saturated heterocycles. The molecule has 0 aliphatic carbocycles. The summed E-state index contributed by atoms with van der Waals surface area (Å²) in [4.78, 5) is 11.5. The van der Waals surface area contributed by atoms with E-state index in [9.17, 15) is 4.79 Å². The van der Waals surface area contributed by atoms with Crippen molar-refractivity contribution in [2.75, 3.05) is 0 Å². The number of ether oxygens (including phenoxy) is 2. The van der Waals surface area contributed by atoms with E-state index in [1.54, 1.807) is 0 Å². The standard InChI is InChI=1S/C22H32O3/c1-13(2)11-14(3)12-22(8)10-9-19-17(6)20(24-18(7)23)15(4)16(5)21(19)25-22/h11,14H,9-10,12H2,1-8H3. The van der Waals surface area contributed by atoms with Gasteiger partial charge >= 0.3 is 5.97 Å². The van der Waals surface area contributed by atoms with Crippen LogP contribution in [-0.4, -0.2) is 11.6 Å². The average Bonchev–Trinajstić information content (AvgIpc) is 2.47. The van der Waals surface area contributed by atoms with E-state index in [0.717, 1.165) is 41.7 Å². The lowest BCUT2D eigenvalue weighted by Gasteiger charge is -2.39. The molecule has 138 valence electrons. The van der Waals surface area contributed by atoms with Crippen LogP contribution in [0.2, 0.25) is 0 Å². The largest absolute Gasteiger partial charge is 0.487 e. The molecule has 0 radical (unpaired) electrons. The maximum absolute atomic E-state index is 11.5. The van der Waals surface area contributed by atoms with Gasteiger partial charge in [-0.1, -0.05) is 18.6 Å². The molecule has 1 aliphatic rings. The minimum Gasteiger partial charge on any atom is -0.487 e. The van der Waals surface area contributed by atoms with E-state index in [-0.39, 0.29) is 11.6 Å². The van der Waals surface area contributed by atoms with Gasteiger partial charge in [-0.3, -0.25) is 4.79 Å². The minimum absolute atomic E-state index is 0.162. The Morgan fingerprint density at radius 1 is 1.20 bits per heavy atom. The fraction of sp³-hybridized carbons (Fsp3) is 0.591. The third kappa shape index (κ3) is 4.26. The number of rotatable bonds is 4. The van der Waals surface area contributed by atoms with Gasteiger partial charge in [0.2, 0.25) is 0 Å². The van der Waals surface area contributed by atoms with Gasteiger partial charge < -0.3 is 9.47 Å². The molecule has 25 heavy (non-hydrogen) atoms. The van der Waals surface area contributed by atoms with Crippen LogP contribution in [0.1, 0.15) is 69.7 Å². The van der Waals surface area contributed by atoms with Crippen molar-refractivity contribution in [1.29, 1.82) is 0 Å². The SMILES string of the molecule is CC(=O)Oc1c(C)c(C)c2c(c1C)CCC(C)(CC(C)C=C(C)C)O2. The van der Waals surface area contributed by atoms with Crippen molar-refractivity contribution in [1.82, 2.24) is 0 Å². The van der Waals surface area contributed by atoms with Crippen molar-refractivity contribution in [2.45, 2.75) is 80.3 Å². The van der Waals surface area contributed by atoms with Crippen LogP contribution >= 0.6 is 0 Å². The van der Waals surface area contributed by atoms with Crippen LogP contribution in [0.4, 0.5) is 0 Å². The van der Waals surface area contributed by atoms with Crippen LogP contribution in [0.15, 0.2) is 11.6 Å². The molecule has 1 heterocycles. The first-order valence-electron chi connectivity index (χ1n) is 9.19. The molecule has 0 amide bonds. The number of allylic oxidation sites excluding steroid dienone is 2. The quantitative estimate of drug-likeness (QED) is 0.404. The predicted molar refractivity (Wildman–Crippen MR) is 103 cm³/mol. The van der Waals surface area contributed by atoms with Crippen LogP contribution in [0.25, 0.3) is 0 Å². The lowest BCUT2D eigenvalue weighted by Crippen LogP contribution is -2.38. The number of benzene rings is 1. The number of esters is 1. The van der Waals surface area contributed by atoms with Gasteiger partial charge in [0.25, 0.3) is 0 Å². The van der Waals surface area contributed by atoms with E-state index < -0.39 is 0 Å². The summed E-state index contributed by atoms with van der Waals surface area (Å²) in [6.07, 6.45) is 5.25. The first-order chi connectivity index (χ1) is 11.5. The van der Waals surface area contributed by atoms with Crippen molar-refractivity contribution < 1.29 is 14.3 Å². The van der Waals surface area contributed by atoms with E-state index in [1.807, 2.05) is 13.8 Å². The third-order valence-corrected chi connectivity index (χ3v) is 5.18. The fourth-order valence-electron chi connectivity index (χ4n) is 4.03. The molecule has 0 fully saturated rings. The summed E-state index contributed by atoms with van der Waals surface area (Å²) in [5, 5.41) is 0. The Morgan fingerprint density at radius 2 is 1.84 bits per heavy atom. The third-order valence-electron chi connectivity index (χ3n) is 5.18. The van der Waals surface area contributed by atoms with Gasteiger partial charge in [0.1, 0.15) is 17.1 Å². The Kier molecular flexibility index (Phi) is 5.65. The summed E-state index contributed by atoms with van der Waals surface area (Å²) in [5.41, 5.74) is 5.48. The molecule has 1 aromatic carbocycles. The molecule has 0 N–H and O–H groups in total. The molecule has 0 aromatic heterocycles. The summed E-state index contributed by atoms with van der Waals surface area (Å²) in [5.74, 6) is 1.90. The molecule has 3 heteroatoms. The van der Waals surface area contributed by atoms with E-state index >= 15 is 0 Å². The first-order valence-corrected chi connectivity index (χ1v) is 9.19. The summed E-state index contributed by atoms with van der Waals surface area (Å²) >= 11 is 0. The summed E-state index contributed by atoms with van der Waals surface area (Å²) in [6, 6.07) is 0. The molecule has 2 unspecified atom stereocenters. The molecule has 1 aliphatic heterocycles. The highest BCUT2D eigenvalue weighted by Gasteiger charge is 2.35. The van der Waals surface area contributed by atoms with E-state index in [1.165, 1.54) is 18.1 Å². The van der Waals surface area contributed by atoms with Crippen molar-refractivity contribution in [2.24, 2.45) is 5.92 Å². The van der Waals surface area contributed by atoms with Gasteiger partial charge in [0, 0.05) is 12.5 Å². The highest BCUT2D eigenvalue weighted by Crippen LogP contribution is 2.45. The van der Waals surface area contributed by atoms with Gasteiger partial charge in [-0.05, 0) is 83.4 Å². The second-order valence-corrected chi connectivity index (χ2v) is 8.08. The molecule has 1 aromatic rings. The molecular formula is C22H32O3. The first kappa shape index (κ1) is 19.6. The normalized spacial score (nSPS) is 20.3. The Bertz CT molecular complexity index is 711. The number of hydrogen-bond donors (Lipinski definition) is 0. The average molecular weight is 344 g/mol. The van der Waals surface area contributed by atoms with Crippen molar-refractivity contribution in [3.63, 3.8) is 0 Å². The summed E-state index contributed by atoms with van der Waals surface area (Å²) in [6.45, 7) is 16.3. The van der Waals surface area contributed by atoms with E-state index in [4.69, 9.17) is 9.47 Å². The van der Waals surface area contributed by atoms with Crippen LogP contribution < -0.4 is 9.47 Å². The number of carbonyl (C=O) groups is 1. The second kappa shape index (κ2) is 7.23. The number of carbonyl (C=O) groups excluding carboxylic acids is 1. The summed E-state index contributed by atoms with van der Waals surface area (Å²) < 4.78 is 12.0. The molecule has 3 nitrogen and oxygen atoms in total. The van der Waals surface area contributed by atoms with Crippen LogP contribution in [-0.2, 0) is 11.2 Å². The van der Waals surface area contributed by atoms with Crippen molar-refractivity contribution >= 4 is 5.97 Å².